The SMILES string of the molecule is N.O.O.O.O.O.O.O=S(=O)([O-])[O-].[Ni+2]. The van der Waals surface area contributed by atoms with E-state index in [0.29, 0.717) is 0 Å². The van der Waals surface area contributed by atoms with E-state index in [2.05, 4.69) is 0 Å². The third-order valence-corrected chi connectivity index (χ3v) is 0. The molecule has 96 valence electrons. The van der Waals surface area contributed by atoms with Gasteiger partial charge < -0.3 is 48.1 Å². The number of hydrogen-bond donors (Lipinski definition) is 1. The molecule has 0 amide bonds. The smallest absolute Gasteiger partial charge is 0.759 e. The minimum Gasteiger partial charge on any atom is -0.759 e. The molecule has 0 aromatic carbocycles. The second-order valence-corrected chi connectivity index (χ2v) is 1.22. The van der Waals surface area contributed by atoms with Crippen molar-refractivity contribution in [2.75, 3.05) is 0 Å². The van der Waals surface area contributed by atoms with Gasteiger partial charge in [-0.25, -0.2) is 0 Å². The molecule has 0 saturated heterocycles. The van der Waals surface area contributed by atoms with Crippen molar-refractivity contribution >= 4 is 10.4 Å². The van der Waals surface area contributed by atoms with Gasteiger partial charge in [0.2, 0.25) is 0 Å². The maximum Gasteiger partial charge on any atom is 2.00 e. The Morgan fingerprint density at radius 3 is 0.692 bits per heavy atom. The summed E-state index contributed by atoms with van der Waals surface area (Å²) in [6.45, 7) is 0. The molecule has 0 saturated carbocycles. The third-order valence-electron chi connectivity index (χ3n) is 0. The summed E-state index contributed by atoms with van der Waals surface area (Å²) in [7, 11) is -5.17. The zero-order chi connectivity index (χ0) is 4.50. The maximum atomic E-state index is 8.52. The summed E-state index contributed by atoms with van der Waals surface area (Å²) in [4.78, 5) is 0. The van der Waals surface area contributed by atoms with Crippen molar-refractivity contribution in [3.63, 3.8) is 0 Å². The zero-order valence-electron chi connectivity index (χ0n) is 6.06. The van der Waals surface area contributed by atoms with Gasteiger partial charge in [0.1, 0.15) is 0 Å². The molecule has 0 bridgehead atoms. The van der Waals surface area contributed by atoms with Gasteiger partial charge in [-0.3, -0.25) is 8.42 Å². The molecule has 0 radical (unpaired) electrons. The van der Waals surface area contributed by atoms with Gasteiger partial charge >= 0.3 is 16.5 Å². The van der Waals surface area contributed by atoms with Crippen LogP contribution in [0.15, 0.2) is 0 Å². The third kappa shape index (κ3) is 176000. The molecule has 0 aliphatic heterocycles. The first-order valence-corrected chi connectivity index (χ1v) is 2.00. The first-order chi connectivity index (χ1) is 2.00. The molecule has 0 aliphatic carbocycles. The normalized spacial score (nSPS) is 4.46. The molecular formula is H15NNiO10S. The van der Waals surface area contributed by atoms with Crippen LogP contribution in [0.1, 0.15) is 0 Å². The topological polar surface area (TPSA) is 304 Å². The van der Waals surface area contributed by atoms with Crippen LogP contribution in [0.3, 0.4) is 0 Å². The first-order valence-electron chi connectivity index (χ1n) is 0.667. The molecule has 0 aromatic heterocycles. The van der Waals surface area contributed by atoms with E-state index in [9.17, 15) is 0 Å². The Balaban J connectivity index is -0.00000000286. The van der Waals surface area contributed by atoms with Crippen LogP contribution in [0.2, 0.25) is 0 Å². The Bertz CT molecular complexity index is 98.1. The van der Waals surface area contributed by atoms with E-state index in [1.54, 1.807) is 0 Å². The summed E-state index contributed by atoms with van der Waals surface area (Å²) >= 11 is 0. The van der Waals surface area contributed by atoms with E-state index in [0.717, 1.165) is 0 Å². The second-order valence-electron chi connectivity index (χ2n) is 0.408. The zero-order valence-corrected chi connectivity index (χ0v) is 7.87. The van der Waals surface area contributed by atoms with Crippen LogP contribution in [0.25, 0.3) is 0 Å². The summed E-state index contributed by atoms with van der Waals surface area (Å²) in [6.07, 6.45) is 0. The molecule has 0 aromatic rings. The molecule has 0 heterocycles. The van der Waals surface area contributed by atoms with Crippen molar-refractivity contribution in [3.8, 4) is 0 Å². The molecule has 0 fully saturated rings. The van der Waals surface area contributed by atoms with Crippen molar-refractivity contribution in [2.24, 2.45) is 0 Å². The van der Waals surface area contributed by atoms with Gasteiger partial charge in [-0.2, -0.15) is 0 Å². The van der Waals surface area contributed by atoms with E-state index in [1.807, 2.05) is 0 Å². The van der Waals surface area contributed by atoms with Gasteiger partial charge in [0, 0.05) is 10.4 Å². The summed E-state index contributed by atoms with van der Waals surface area (Å²) in [5.41, 5.74) is 0. The molecule has 0 spiro atoms. The van der Waals surface area contributed by atoms with Crippen LogP contribution in [0.4, 0.5) is 0 Å². The summed E-state index contributed by atoms with van der Waals surface area (Å²) < 4.78 is 34.1. The molecule has 13 heteroatoms. The van der Waals surface area contributed by atoms with Crippen molar-refractivity contribution in [3.05, 3.63) is 0 Å². The molecule has 0 aliphatic rings. The van der Waals surface area contributed by atoms with Crippen LogP contribution in [-0.2, 0) is 26.9 Å². The van der Waals surface area contributed by atoms with E-state index in [1.165, 1.54) is 0 Å². The maximum absolute atomic E-state index is 8.52. The van der Waals surface area contributed by atoms with E-state index in [4.69, 9.17) is 17.5 Å². The van der Waals surface area contributed by atoms with Gasteiger partial charge in [0.25, 0.3) is 0 Å². The van der Waals surface area contributed by atoms with Gasteiger partial charge in [0.05, 0.1) is 0 Å². The summed E-state index contributed by atoms with van der Waals surface area (Å²) in [5, 5.41) is 0. The van der Waals surface area contributed by atoms with E-state index in [-0.39, 0.29) is 55.5 Å². The minimum absolute atomic E-state index is 0. The van der Waals surface area contributed by atoms with Crippen LogP contribution < -0.4 is 6.15 Å². The second kappa shape index (κ2) is 40.1. The molecule has 11 nitrogen and oxygen atoms in total. The summed E-state index contributed by atoms with van der Waals surface area (Å²) in [6, 6.07) is 0. The fourth-order valence-electron chi connectivity index (χ4n) is 0. The first kappa shape index (κ1) is 115. The van der Waals surface area contributed by atoms with E-state index >= 15 is 0 Å². The van der Waals surface area contributed by atoms with Crippen molar-refractivity contribution < 1.29 is 66.9 Å². The Morgan fingerprint density at radius 1 is 0.692 bits per heavy atom. The molecule has 13 heavy (non-hydrogen) atoms. The Hall–Kier alpha value is 0.0835. The van der Waals surface area contributed by atoms with Crippen LogP contribution in [0.5, 0.6) is 0 Å². The molecule has 0 rings (SSSR count). The van der Waals surface area contributed by atoms with Gasteiger partial charge in [-0.05, 0) is 0 Å². The van der Waals surface area contributed by atoms with Crippen LogP contribution >= 0.6 is 0 Å². The predicted molar refractivity (Wildman–Crippen MR) is 37.2 cm³/mol. The summed E-state index contributed by atoms with van der Waals surface area (Å²) in [5.74, 6) is 0. The quantitative estimate of drug-likeness (QED) is 0.256. The minimum atomic E-state index is -5.17. The molecule has 0 unspecified atom stereocenters. The Morgan fingerprint density at radius 2 is 0.692 bits per heavy atom. The molecule has 0 atom stereocenters. The average Bonchev–Trinajstić information content (AvgIpc) is 0.722. The standard InChI is InChI=1S/H3N.Ni.H2O4S.6H2O/c;;1-5(2,3)4;;;;;;/h1H3;;(H2,1,2,3,4);6*1H2/q;+2;;;;;;;/p-2. The van der Waals surface area contributed by atoms with E-state index < -0.39 is 10.4 Å². The van der Waals surface area contributed by atoms with Crippen molar-refractivity contribution in [2.45, 2.75) is 0 Å². The fraction of sp³-hybridized carbons (Fsp3) is 0. The Labute approximate surface area is 84.1 Å². The molecular weight excluding hydrogens is 265 g/mol. The average molecular weight is 280 g/mol. The number of hydrogen-bond acceptors (Lipinski definition) is 5. The largest absolute Gasteiger partial charge is 2.00 e. The molecule has 15 N–H and O–H groups in total. The van der Waals surface area contributed by atoms with Crippen LogP contribution in [-0.4, -0.2) is 50.4 Å². The van der Waals surface area contributed by atoms with Crippen molar-refractivity contribution in [1.82, 2.24) is 6.15 Å². The monoisotopic (exact) mass is 279 g/mol. The van der Waals surface area contributed by atoms with Gasteiger partial charge in [-0.15, -0.1) is 0 Å². The van der Waals surface area contributed by atoms with Gasteiger partial charge in [-0.1, -0.05) is 0 Å². The Kier molecular flexibility index (Phi) is 353. The number of rotatable bonds is 0. The predicted octanol–water partition coefficient (Wildman–Crippen LogP) is -6.13. The fourth-order valence-corrected chi connectivity index (χ4v) is 0. The van der Waals surface area contributed by atoms with Crippen molar-refractivity contribution in [1.29, 1.82) is 0 Å². The van der Waals surface area contributed by atoms with Crippen LogP contribution in [0, 0.1) is 0 Å². The van der Waals surface area contributed by atoms with Gasteiger partial charge in [0.15, 0.2) is 0 Å².